The molecular formula is C11H7N3OS. The summed E-state index contributed by atoms with van der Waals surface area (Å²) in [5.74, 6) is 0.247. The number of nitrogen functional groups attached to an aromatic ring is 1. The van der Waals surface area contributed by atoms with Gasteiger partial charge < -0.3 is 5.73 Å². The van der Waals surface area contributed by atoms with Gasteiger partial charge in [-0.05, 0) is 12.1 Å². The zero-order chi connectivity index (χ0) is 11.1. The fourth-order valence-corrected chi connectivity index (χ4v) is 2.68. The summed E-state index contributed by atoms with van der Waals surface area (Å²) < 4.78 is 0.915. The molecule has 2 heterocycles. The van der Waals surface area contributed by atoms with Gasteiger partial charge in [-0.2, -0.15) is 0 Å². The van der Waals surface area contributed by atoms with Crippen molar-refractivity contribution >= 4 is 37.5 Å². The quantitative estimate of drug-likeness (QED) is 0.597. The molecule has 0 saturated heterocycles. The van der Waals surface area contributed by atoms with Crippen molar-refractivity contribution in [2.45, 2.75) is 0 Å². The number of fused-ring (bicyclic) bond motifs is 2. The molecule has 0 amide bonds. The Labute approximate surface area is 94.4 Å². The Morgan fingerprint density at radius 2 is 2.00 bits per heavy atom. The summed E-state index contributed by atoms with van der Waals surface area (Å²) in [6, 6.07) is 7.43. The van der Waals surface area contributed by atoms with Gasteiger partial charge in [0.25, 0.3) is 0 Å². The second kappa shape index (κ2) is 3.24. The van der Waals surface area contributed by atoms with E-state index in [1.807, 2.05) is 18.2 Å². The lowest BCUT2D eigenvalue weighted by Gasteiger charge is -2.00. The van der Waals surface area contributed by atoms with Crippen LogP contribution in [0.3, 0.4) is 0 Å². The molecule has 3 aromatic rings. The van der Waals surface area contributed by atoms with Gasteiger partial charge in [0.05, 0.1) is 0 Å². The average molecular weight is 229 g/mol. The Morgan fingerprint density at radius 3 is 2.88 bits per heavy atom. The molecule has 0 saturated carbocycles. The van der Waals surface area contributed by atoms with Crippen LogP contribution in [0.15, 0.2) is 35.4 Å². The molecule has 2 N–H and O–H groups in total. The summed E-state index contributed by atoms with van der Waals surface area (Å²) in [6.45, 7) is 0. The summed E-state index contributed by atoms with van der Waals surface area (Å²) in [5.41, 5.74) is 5.61. The number of anilines is 1. The van der Waals surface area contributed by atoms with Crippen LogP contribution in [0.4, 0.5) is 5.82 Å². The molecule has 0 aliphatic rings. The number of hydrogen-bond donors (Lipinski definition) is 1. The molecule has 1 aromatic carbocycles. The van der Waals surface area contributed by atoms with Crippen molar-refractivity contribution in [3.63, 3.8) is 0 Å². The molecule has 78 valence electrons. The summed E-state index contributed by atoms with van der Waals surface area (Å²) in [5, 5.41) is 1.09. The van der Waals surface area contributed by atoms with Gasteiger partial charge in [-0.25, -0.2) is 9.97 Å². The first-order valence-corrected chi connectivity index (χ1v) is 5.51. The second-order valence-corrected chi connectivity index (χ2v) is 4.40. The highest BCUT2D eigenvalue weighted by molar-refractivity contribution is 7.24. The lowest BCUT2D eigenvalue weighted by molar-refractivity contribution is 1.24. The predicted molar refractivity (Wildman–Crippen MR) is 65.6 cm³/mol. The number of rotatable bonds is 0. The molecule has 0 unspecified atom stereocenters. The van der Waals surface area contributed by atoms with Gasteiger partial charge in [-0.1, -0.05) is 12.1 Å². The standard InChI is InChI=1S/C11H7N3OS/c12-10-8-9(15)6-3-1-2-4-7(6)16-11(8)14-5-13-10/h1-5H,(H2,12,13,14). The zero-order valence-electron chi connectivity index (χ0n) is 8.18. The third kappa shape index (κ3) is 1.18. The average Bonchev–Trinajstić information content (AvgIpc) is 2.29. The Hall–Kier alpha value is -2.01. The highest BCUT2D eigenvalue weighted by atomic mass is 32.1. The van der Waals surface area contributed by atoms with Crippen molar-refractivity contribution in [2.75, 3.05) is 5.73 Å². The maximum Gasteiger partial charge on any atom is 0.201 e. The van der Waals surface area contributed by atoms with Crippen molar-refractivity contribution in [2.24, 2.45) is 0 Å². The first kappa shape index (κ1) is 9.23. The smallest absolute Gasteiger partial charge is 0.201 e. The van der Waals surface area contributed by atoms with E-state index in [9.17, 15) is 4.79 Å². The van der Waals surface area contributed by atoms with Gasteiger partial charge in [0.2, 0.25) is 5.43 Å². The Morgan fingerprint density at radius 1 is 1.19 bits per heavy atom. The van der Waals surface area contributed by atoms with Crippen LogP contribution in [0.5, 0.6) is 0 Å². The molecular weight excluding hydrogens is 222 g/mol. The number of benzene rings is 1. The minimum atomic E-state index is -0.0950. The van der Waals surface area contributed by atoms with Crippen LogP contribution in [-0.4, -0.2) is 9.97 Å². The molecule has 0 aliphatic heterocycles. The summed E-state index contributed by atoms with van der Waals surface area (Å²) in [4.78, 5) is 20.7. The van der Waals surface area contributed by atoms with E-state index in [-0.39, 0.29) is 11.2 Å². The lowest BCUT2D eigenvalue weighted by Crippen LogP contribution is -2.06. The third-order valence-corrected chi connectivity index (χ3v) is 3.49. The molecule has 0 radical (unpaired) electrons. The first-order chi connectivity index (χ1) is 7.77. The molecule has 0 spiro atoms. The largest absolute Gasteiger partial charge is 0.383 e. The van der Waals surface area contributed by atoms with Gasteiger partial charge in [0, 0.05) is 10.1 Å². The SMILES string of the molecule is Nc1ncnc2sc3ccccc3c(=O)c12. The van der Waals surface area contributed by atoms with Crippen LogP contribution in [0.2, 0.25) is 0 Å². The minimum absolute atomic E-state index is 0.0950. The van der Waals surface area contributed by atoms with Gasteiger partial charge in [-0.3, -0.25) is 4.79 Å². The molecule has 4 nitrogen and oxygen atoms in total. The normalized spacial score (nSPS) is 11.0. The van der Waals surface area contributed by atoms with Crippen molar-refractivity contribution < 1.29 is 0 Å². The van der Waals surface area contributed by atoms with E-state index in [0.29, 0.717) is 15.6 Å². The molecule has 3 rings (SSSR count). The van der Waals surface area contributed by atoms with Gasteiger partial charge in [-0.15, -0.1) is 11.3 Å². The maximum absolute atomic E-state index is 12.2. The number of nitrogens with two attached hydrogens (primary N) is 1. The Balaban J connectivity index is 2.67. The Kier molecular flexibility index (Phi) is 1.87. The van der Waals surface area contributed by atoms with Crippen LogP contribution in [0.25, 0.3) is 20.3 Å². The number of nitrogens with zero attached hydrogens (tertiary/aromatic N) is 2. The monoisotopic (exact) mass is 229 g/mol. The molecule has 0 atom stereocenters. The van der Waals surface area contributed by atoms with Gasteiger partial charge >= 0.3 is 0 Å². The van der Waals surface area contributed by atoms with E-state index in [2.05, 4.69) is 9.97 Å². The second-order valence-electron chi connectivity index (χ2n) is 3.37. The topological polar surface area (TPSA) is 68.9 Å². The van der Waals surface area contributed by atoms with Crippen molar-refractivity contribution in [3.05, 3.63) is 40.8 Å². The van der Waals surface area contributed by atoms with Crippen LogP contribution < -0.4 is 11.2 Å². The fraction of sp³-hybridized carbons (Fsp3) is 0. The van der Waals surface area contributed by atoms with E-state index in [1.54, 1.807) is 6.07 Å². The van der Waals surface area contributed by atoms with E-state index in [4.69, 9.17) is 5.73 Å². The highest BCUT2D eigenvalue weighted by Gasteiger charge is 2.09. The number of aromatic nitrogens is 2. The summed E-state index contributed by atoms with van der Waals surface area (Å²) >= 11 is 1.45. The summed E-state index contributed by atoms with van der Waals surface area (Å²) in [6.07, 6.45) is 1.38. The van der Waals surface area contributed by atoms with Crippen LogP contribution in [0.1, 0.15) is 0 Å². The van der Waals surface area contributed by atoms with Gasteiger partial charge in [0.15, 0.2) is 0 Å². The zero-order valence-corrected chi connectivity index (χ0v) is 8.99. The molecule has 5 heteroatoms. The lowest BCUT2D eigenvalue weighted by atomic mass is 10.2. The van der Waals surface area contributed by atoms with Crippen LogP contribution >= 0.6 is 11.3 Å². The van der Waals surface area contributed by atoms with Crippen molar-refractivity contribution in [1.82, 2.24) is 9.97 Å². The van der Waals surface area contributed by atoms with E-state index < -0.39 is 0 Å². The van der Waals surface area contributed by atoms with Crippen molar-refractivity contribution in [3.8, 4) is 0 Å². The number of hydrogen-bond acceptors (Lipinski definition) is 5. The molecule has 0 fully saturated rings. The Bertz CT molecular complexity index is 751. The minimum Gasteiger partial charge on any atom is -0.383 e. The first-order valence-electron chi connectivity index (χ1n) is 4.69. The summed E-state index contributed by atoms with van der Waals surface area (Å²) in [7, 11) is 0. The van der Waals surface area contributed by atoms with E-state index >= 15 is 0 Å². The van der Waals surface area contributed by atoms with E-state index in [1.165, 1.54) is 17.7 Å². The molecule has 2 aromatic heterocycles. The predicted octanol–water partition coefficient (Wildman–Crippen LogP) is 1.79. The molecule has 16 heavy (non-hydrogen) atoms. The van der Waals surface area contributed by atoms with Crippen LogP contribution in [-0.2, 0) is 0 Å². The maximum atomic E-state index is 12.2. The van der Waals surface area contributed by atoms with Crippen molar-refractivity contribution in [1.29, 1.82) is 0 Å². The highest BCUT2D eigenvalue weighted by Crippen LogP contribution is 2.24. The fourth-order valence-electron chi connectivity index (χ4n) is 1.66. The molecule has 0 bridgehead atoms. The van der Waals surface area contributed by atoms with Crippen LogP contribution in [0, 0.1) is 0 Å². The van der Waals surface area contributed by atoms with Gasteiger partial charge in [0.1, 0.15) is 22.4 Å². The third-order valence-electron chi connectivity index (χ3n) is 2.41. The van der Waals surface area contributed by atoms with E-state index in [0.717, 1.165) is 4.70 Å². The molecule has 0 aliphatic carbocycles.